The number of carboxylic acid groups (broad SMARTS) is 1. The molecule has 1 aromatic rings. The van der Waals surface area contributed by atoms with Crippen LogP contribution in [-0.4, -0.2) is 23.0 Å². The van der Waals surface area contributed by atoms with Crippen LogP contribution >= 0.6 is 0 Å². The van der Waals surface area contributed by atoms with Gasteiger partial charge in [0.05, 0.1) is 0 Å². The molecular formula is C15H22N2O3. The van der Waals surface area contributed by atoms with Crippen molar-refractivity contribution in [1.29, 1.82) is 0 Å². The molecule has 0 bridgehead atoms. The first-order valence-electron chi connectivity index (χ1n) is 6.71. The minimum absolute atomic E-state index is 0.144. The van der Waals surface area contributed by atoms with Crippen molar-refractivity contribution >= 4 is 17.6 Å². The molecule has 1 aromatic carbocycles. The molecule has 0 saturated carbocycles. The second-order valence-electron chi connectivity index (χ2n) is 5.24. The Balaban J connectivity index is 2.72. The summed E-state index contributed by atoms with van der Waals surface area (Å²) in [6.07, 6.45) is 0.567. The summed E-state index contributed by atoms with van der Waals surface area (Å²) >= 11 is 0. The van der Waals surface area contributed by atoms with Crippen LogP contribution in [0.3, 0.4) is 0 Å². The molecular weight excluding hydrogens is 256 g/mol. The SMILES string of the molecule is CC(=O)Nc1ccccc1CNC(CC(C)C)C(=O)O. The third-order valence-electron chi connectivity index (χ3n) is 2.87. The number of carbonyl (C=O) groups excluding carboxylic acids is 1. The molecule has 0 heterocycles. The van der Waals surface area contributed by atoms with Gasteiger partial charge in [0.2, 0.25) is 5.91 Å². The van der Waals surface area contributed by atoms with Crippen LogP contribution in [0.1, 0.15) is 32.8 Å². The van der Waals surface area contributed by atoms with Crippen molar-refractivity contribution in [3.05, 3.63) is 29.8 Å². The fraction of sp³-hybridized carbons (Fsp3) is 0.467. The second kappa shape index (κ2) is 7.65. The summed E-state index contributed by atoms with van der Waals surface area (Å²) in [4.78, 5) is 22.3. The van der Waals surface area contributed by atoms with E-state index < -0.39 is 12.0 Å². The smallest absolute Gasteiger partial charge is 0.320 e. The Morgan fingerprint density at radius 3 is 2.45 bits per heavy atom. The molecule has 20 heavy (non-hydrogen) atoms. The standard InChI is InChI=1S/C15H22N2O3/c1-10(2)8-14(15(19)20)16-9-12-6-4-5-7-13(12)17-11(3)18/h4-7,10,14,16H,8-9H2,1-3H3,(H,17,18)(H,19,20). The molecule has 3 N–H and O–H groups in total. The largest absolute Gasteiger partial charge is 0.480 e. The highest BCUT2D eigenvalue weighted by atomic mass is 16.4. The van der Waals surface area contributed by atoms with Crippen LogP contribution in [0, 0.1) is 5.92 Å². The summed E-state index contributed by atoms with van der Waals surface area (Å²) in [7, 11) is 0. The maximum Gasteiger partial charge on any atom is 0.320 e. The van der Waals surface area contributed by atoms with Crippen molar-refractivity contribution in [3.63, 3.8) is 0 Å². The molecule has 1 unspecified atom stereocenters. The van der Waals surface area contributed by atoms with Gasteiger partial charge in [0, 0.05) is 19.2 Å². The van der Waals surface area contributed by atoms with Crippen molar-refractivity contribution in [2.75, 3.05) is 5.32 Å². The maximum atomic E-state index is 11.2. The van der Waals surface area contributed by atoms with Gasteiger partial charge in [-0.05, 0) is 24.0 Å². The van der Waals surface area contributed by atoms with E-state index >= 15 is 0 Å². The highest BCUT2D eigenvalue weighted by Gasteiger charge is 2.18. The van der Waals surface area contributed by atoms with Gasteiger partial charge >= 0.3 is 5.97 Å². The highest BCUT2D eigenvalue weighted by molar-refractivity contribution is 5.89. The number of nitrogens with one attached hydrogen (secondary N) is 2. The van der Waals surface area contributed by atoms with Gasteiger partial charge in [-0.3, -0.25) is 9.59 Å². The lowest BCUT2D eigenvalue weighted by atomic mass is 10.0. The minimum Gasteiger partial charge on any atom is -0.480 e. The summed E-state index contributed by atoms with van der Waals surface area (Å²) in [6.45, 7) is 5.83. The molecule has 0 aliphatic carbocycles. The van der Waals surface area contributed by atoms with E-state index in [-0.39, 0.29) is 5.91 Å². The summed E-state index contributed by atoms with van der Waals surface area (Å²) in [5, 5.41) is 15.0. The molecule has 5 heteroatoms. The molecule has 0 aliphatic heterocycles. The average Bonchev–Trinajstić information content (AvgIpc) is 2.34. The molecule has 0 spiro atoms. The first kappa shape index (κ1) is 16.2. The Kier molecular flexibility index (Phi) is 6.18. The fourth-order valence-electron chi connectivity index (χ4n) is 1.96. The van der Waals surface area contributed by atoms with Crippen molar-refractivity contribution < 1.29 is 14.7 Å². The normalized spacial score (nSPS) is 12.2. The number of hydrogen-bond donors (Lipinski definition) is 3. The molecule has 1 rings (SSSR count). The third-order valence-corrected chi connectivity index (χ3v) is 2.87. The molecule has 5 nitrogen and oxygen atoms in total. The maximum absolute atomic E-state index is 11.2. The van der Waals surface area contributed by atoms with Gasteiger partial charge in [-0.2, -0.15) is 0 Å². The number of carboxylic acids is 1. The van der Waals surface area contributed by atoms with Crippen LogP contribution in [0.4, 0.5) is 5.69 Å². The van der Waals surface area contributed by atoms with E-state index in [1.807, 2.05) is 32.0 Å². The van der Waals surface area contributed by atoms with E-state index in [0.717, 1.165) is 5.56 Å². The molecule has 0 fully saturated rings. The molecule has 1 amide bonds. The van der Waals surface area contributed by atoms with Crippen LogP contribution < -0.4 is 10.6 Å². The predicted octanol–water partition coefficient (Wildman–Crippen LogP) is 2.23. The van der Waals surface area contributed by atoms with E-state index in [2.05, 4.69) is 10.6 Å². The highest BCUT2D eigenvalue weighted by Crippen LogP contribution is 2.15. The average molecular weight is 278 g/mol. The van der Waals surface area contributed by atoms with E-state index in [4.69, 9.17) is 0 Å². The molecule has 0 saturated heterocycles. The van der Waals surface area contributed by atoms with E-state index in [9.17, 15) is 14.7 Å². The quantitative estimate of drug-likeness (QED) is 0.714. The number of hydrogen-bond acceptors (Lipinski definition) is 3. The number of carbonyl (C=O) groups is 2. The minimum atomic E-state index is -0.851. The van der Waals surface area contributed by atoms with Crippen molar-refractivity contribution in [2.24, 2.45) is 5.92 Å². The lowest BCUT2D eigenvalue weighted by molar-refractivity contribution is -0.140. The zero-order valence-corrected chi connectivity index (χ0v) is 12.1. The number of aliphatic carboxylic acids is 1. The van der Waals surface area contributed by atoms with E-state index in [1.165, 1.54) is 6.92 Å². The Morgan fingerprint density at radius 2 is 1.90 bits per heavy atom. The topological polar surface area (TPSA) is 78.4 Å². The lowest BCUT2D eigenvalue weighted by Gasteiger charge is -2.17. The van der Waals surface area contributed by atoms with Gasteiger partial charge in [-0.1, -0.05) is 32.0 Å². The Bertz CT molecular complexity index is 472. The summed E-state index contributed by atoms with van der Waals surface area (Å²) in [6, 6.07) is 6.78. The Morgan fingerprint density at radius 1 is 1.25 bits per heavy atom. The van der Waals surface area contributed by atoms with Crippen molar-refractivity contribution in [3.8, 4) is 0 Å². The zero-order valence-electron chi connectivity index (χ0n) is 12.1. The first-order valence-corrected chi connectivity index (χ1v) is 6.71. The van der Waals surface area contributed by atoms with E-state index in [1.54, 1.807) is 6.07 Å². The summed E-state index contributed by atoms with van der Waals surface area (Å²) < 4.78 is 0. The third kappa shape index (κ3) is 5.40. The van der Waals surface area contributed by atoms with Gasteiger partial charge in [0.15, 0.2) is 0 Å². The zero-order chi connectivity index (χ0) is 15.1. The lowest BCUT2D eigenvalue weighted by Crippen LogP contribution is -2.37. The van der Waals surface area contributed by atoms with Gasteiger partial charge in [-0.15, -0.1) is 0 Å². The summed E-state index contributed by atoms with van der Waals surface area (Å²) in [5.41, 5.74) is 1.58. The number of amides is 1. The molecule has 0 aliphatic rings. The van der Waals surface area contributed by atoms with Gasteiger partial charge < -0.3 is 15.7 Å². The monoisotopic (exact) mass is 278 g/mol. The number of anilines is 1. The van der Waals surface area contributed by atoms with Gasteiger partial charge in [0.1, 0.15) is 6.04 Å². The van der Waals surface area contributed by atoms with Crippen molar-refractivity contribution in [2.45, 2.75) is 39.8 Å². The second-order valence-corrected chi connectivity index (χ2v) is 5.24. The summed E-state index contributed by atoms with van der Waals surface area (Å²) in [5.74, 6) is -0.695. The van der Waals surface area contributed by atoms with Gasteiger partial charge in [-0.25, -0.2) is 0 Å². The van der Waals surface area contributed by atoms with Crippen LogP contribution in [0.5, 0.6) is 0 Å². The predicted molar refractivity (Wildman–Crippen MR) is 78.5 cm³/mol. The molecule has 0 radical (unpaired) electrons. The van der Waals surface area contributed by atoms with Gasteiger partial charge in [0.25, 0.3) is 0 Å². The molecule has 110 valence electrons. The number of benzene rings is 1. The number of para-hydroxylation sites is 1. The fourth-order valence-corrected chi connectivity index (χ4v) is 1.96. The van der Waals surface area contributed by atoms with Crippen LogP contribution in [0.15, 0.2) is 24.3 Å². The Labute approximate surface area is 119 Å². The molecule has 0 aromatic heterocycles. The molecule has 1 atom stereocenters. The van der Waals surface area contributed by atoms with Crippen LogP contribution in [0.2, 0.25) is 0 Å². The van der Waals surface area contributed by atoms with Crippen LogP contribution in [0.25, 0.3) is 0 Å². The first-order chi connectivity index (χ1) is 9.40. The van der Waals surface area contributed by atoms with E-state index in [0.29, 0.717) is 24.6 Å². The number of rotatable bonds is 7. The van der Waals surface area contributed by atoms with Crippen LogP contribution in [-0.2, 0) is 16.1 Å². The van der Waals surface area contributed by atoms with Crippen molar-refractivity contribution in [1.82, 2.24) is 5.32 Å². The Hall–Kier alpha value is -1.88.